The smallest absolute Gasteiger partial charge is 0.271 e. The summed E-state index contributed by atoms with van der Waals surface area (Å²) >= 11 is 7.34. The number of benzene rings is 1. The fourth-order valence-corrected chi connectivity index (χ4v) is 2.83. The standard InChI is InChI=1S/C13H15ClN4O2S/c1-2-4-15-5-3-12-16-17-13(21-12)9-6-10(14)8-11(7-9)18(19)20/h6-8,15H,2-5H2,1H3. The molecule has 21 heavy (non-hydrogen) atoms. The second-order valence-corrected chi connectivity index (χ2v) is 5.95. The van der Waals surface area contributed by atoms with Gasteiger partial charge in [0.2, 0.25) is 0 Å². The van der Waals surface area contributed by atoms with Crippen molar-refractivity contribution in [2.45, 2.75) is 19.8 Å². The van der Waals surface area contributed by atoms with Crippen LogP contribution < -0.4 is 5.32 Å². The van der Waals surface area contributed by atoms with E-state index in [1.54, 1.807) is 6.07 Å². The number of hydrogen-bond acceptors (Lipinski definition) is 6. The van der Waals surface area contributed by atoms with Crippen LogP contribution in [0.25, 0.3) is 10.6 Å². The van der Waals surface area contributed by atoms with Crippen LogP contribution in [0.5, 0.6) is 0 Å². The van der Waals surface area contributed by atoms with Crippen LogP contribution in [0, 0.1) is 10.1 Å². The van der Waals surface area contributed by atoms with Crippen molar-refractivity contribution in [1.82, 2.24) is 15.5 Å². The number of hydrogen-bond donors (Lipinski definition) is 1. The van der Waals surface area contributed by atoms with E-state index in [2.05, 4.69) is 22.4 Å². The molecule has 1 aromatic heterocycles. The molecule has 0 fully saturated rings. The van der Waals surface area contributed by atoms with Gasteiger partial charge in [-0.3, -0.25) is 10.1 Å². The predicted molar refractivity (Wildman–Crippen MR) is 83.9 cm³/mol. The van der Waals surface area contributed by atoms with Crippen molar-refractivity contribution in [1.29, 1.82) is 0 Å². The molecule has 6 nitrogen and oxygen atoms in total. The fourth-order valence-electron chi connectivity index (χ4n) is 1.77. The van der Waals surface area contributed by atoms with Gasteiger partial charge in [0, 0.05) is 35.7 Å². The molecule has 0 aliphatic rings. The van der Waals surface area contributed by atoms with Crippen LogP contribution in [0.1, 0.15) is 18.4 Å². The van der Waals surface area contributed by atoms with E-state index in [0.29, 0.717) is 15.6 Å². The topological polar surface area (TPSA) is 81.0 Å². The molecule has 2 rings (SSSR count). The van der Waals surface area contributed by atoms with E-state index >= 15 is 0 Å². The lowest BCUT2D eigenvalue weighted by atomic mass is 10.2. The van der Waals surface area contributed by atoms with Crippen molar-refractivity contribution < 1.29 is 4.92 Å². The molecule has 0 unspecified atom stereocenters. The summed E-state index contributed by atoms with van der Waals surface area (Å²) < 4.78 is 0. The maximum absolute atomic E-state index is 10.9. The zero-order chi connectivity index (χ0) is 15.2. The first-order valence-corrected chi connectivity index (χ1v) is 7.78. The second-order valence-electron chi connectivity index (χ2n) is 4.46. The second kappa shape index (κ2) is 7.44. The largest absolute Gasteiger partial charge is 0.316 e. The molecule has 0 amide bonds. The molecule has 0 saturated carbocycles. The number of nitro groups is 1. The van der Waals surface area contributed by atoms with E-state index in [9.17, 15) is 10.1 Å². The average molecular weight is 327 g/mol. The summed E-state index contributed by atoms with van der Waals surface area (Å²) in [5.41, 5.74) is 0.582. The Balaban J connectivity index is 2.12. The van der Waals surface area contributed by atoms with E-state index < -0.39 is 4.92 Å². The minimum absolute atomic E-state index is 0.0427. The maximum atomic E-state index is 10.9. The summed E-state index contributed by atoms with van der Waals surface area (Å²) in [6, 6.07) is 4.45. The molecule has 1 heterocycles. The fraction of sp³-hybridized carbons (Fsp3) is 0.385. The number of aromatic nitrogens is 2. The first kappa shape index (κ1) is 15.8. The molecular weight excluding hydrogens is 312 g/mol. The normalized spacial score (nSPS) is 10.8. The highest BCUT2D eigenvalue weighted by Crippen LogP contribution is 2.30. The van der Waals surface area contributed by atoms with Gasteiger partial charge in [-0.05, 0) is 19.0 Å². The summed E-state index contributed by atoms with van der Waals surface area (Å²) in [5.74, 6) is 0. The van der Waals surface area contributed by atoms with Gasteiger partial charge in [0.15, 0.2) is 0 Å². The third-order valence-corrected chi connectivity index (χ3v) is 4.00. The molecule has 0 atom stereocenters. The van der Waals surface area contributed by atoms with Gasteiger partial charge in [-0.15, -0.1) is 10.2 Å². The van der Waals surface area contributed by atoms with Crippen molar-refractivity contribution >= 4 is 28.6 Å². The lowest BCUT2D eigenvalue weighted by Crippen LogP contribution is -2.17. The van der Waals surface area contributed by atoms with Gasteiger partial charge in [0.1, 0.15) is 10.0 Å². The summed E-state index contributed by atoms with van der Waals surface area (Å²) in [5, 5.41) is 24.2. The van der Waals surface area contributed by atoms with Crippen molar-refractivity contribution in [3.63, 3.8) is 0 Å². The van der Waals surface area contributed by atoms with Crippen LogP contribution in [-0.2, 0) is 6.42 Å². The van der Waals surface area contributed by atoms with E-state index in [4.69, 9.17) is 11.6 Å². The molecule has 0 radical (unpaired) electrons. The van der Waals surface area contributed by atoms with E-state index in [0.717, 1.165) is 30.9 Å². The Morgan fingerprint density at radius 1 is 1.33 bits per heavy atom. The molecule has 0 spiro atoms. The first-order valence-electron chi connectivity index (χ1n) is 6.58. The van der Waals surface area contributed by atoms with Crippen LogP contribution in [0.3, 0.4) is 0 Å². The third kappa shape index (κ3) is 4.45. The molecule has 1 aromatic carbocycles. The Morgan fingerprint density at radius 3 is 2.86 bits per heavy atom. The lowest BCUT2D eigenvalue weighted by Gasteiger charge is -1.99. The van der Waals surface area contributed by atoms with Gasteiger partial charge in [-0.25, -0.2) is 0 Å². The summed E-state index contributed by atoms with van der Waals surface area (Å²) in [7, 11) is 0. The number of non-ortho nitro benzene ring substituents is 1. The van der Waals surface area contributed by atoms with Gasteiger partial charge < -0.3 is 5.32 Å². The first-order chi connectivity index (χ1) is 10.1. The SMILES string of the molecule is CCCNCCc1nnc(-c2cc(Cl)cc([N+](=O)[O-])c2)s1. The van der Waals surface area contributed by atoms with Crippen molar-refractivity contribution in [3.05, 3.63) is 38.3 Å². The summed E-state index contributed by atoms with van der Waals surface area (Å²) in [6.07, 6.45) is 1.88. The highest BCUT2D eigenvalue weighted by molar-refractivity contribution is 7.14. The third-order valence-electron chi connectivity index (χ3n) is 2.75. The number of nitro benzene ring substituents is 1. The van der Waals surface area contributed by atoms with Crippen LogP contribution in [0.15, 0.2) is 18.2 Å². The highest BCUT2D eigenvalue weighted by atomic mass is 35.5. The molecule has 0 aliphatic carbocycles. The van der Waals surface area contributed by atoms with E-state index in [-0.39, 0.29) is 5.69 Å². The van der Waals surface area contributed by atoms with Gasteiger partial charge in [0.25, 0.3) is 5.69 Å². The molecule has 8 heteroatoms. The van der Waals surface area contributed by atoms with Gasteiger partial charge in [-0.2, -0.15) is 0 Å². The van der Waals surface area contributed by atoms with Gasteiger partial charge >= 0.3 is 0 Å². The predicted octanol–water partition coefficient (Wildman–Crippen LogP) is 3.31. The number of rotatable bonds is 7. The minimum Gasteiger partial charge on any atom is -0.316 e. The molecule has 1 N–H and O–H groups in total. The Bertz CT molecular complexity index is 632. The minimum atomic E-state index is -0.466. The van der Waals surface area contributed by atoms with Gasteiger partial charge in [0.05, 0.1) is 4.92 Å². The van der Waals surface area contributed by atoms with Gasteiger partial charge in [-0.1, -0.05) is 29.9 Å². The van der Waals surface area contributed by atoms with Crippen molar-refractivity contribution in [2.75, 3.05) is 13.1 Å². The quantitative estimate of drug-likeness (QED) is 0.479. The summed E-state index contributed by atoms with van der Waals surface area (Å²) in [6.45, 7) is 3.94. The molecule has 0 bridgehead atoms. The monoisotopic (exact) mass is 326 g/mol. The Kier molecular flexibility index (Phi) is 5.60. The van der Waals surface area contributed by atoms with Crippen LogP contribution >= 0.6 is 22.9 Å². The van der Waals surface area contributed by atoms with E-state index in [1.165, 1.54) is 23.5 Å². The van der Waals surface area contributed by atoms with Crippen LogP contribution in [0.2, 0.25) is 5.02 Å². The molecule has 0 saturated heterocycles. The van der Waals surface area contributed by atoms with Crippen molar-refractivity contribution in [2.24, 2.45) is 0 Å². The molecule has 0 aliphatic heterocycles. The van der Waals surface area contributed by atoms with Crippen LogP contribution in [-0.4, -0.2) is 28.2 Å². The molecule has 112 valence electrons. The Morgan fingerprint density at radius 2 is 2.14 bits per heavy atom. The average Bonchev–Trinajstić information content (AvgIpc) is 2.92. The zero-order valence-electron chi connectivity index (χ0n) is 11.5. The zero-order valence-corrected chi connectivity index (χ0v) is 13.1. The Labute approximate surface area is 131 Å². The highest BCUT2D eigenvalue weighted by Gasteiger charge is 2.13. The molecular formula is C13H15ClN4O2S. The number of nitrogens with one attached hydrogen (secondary N) is 1. The molecule has 2 aromatic rings. The van der Waals surface area contributed by atoms with Crippen LogP contribution in [0.4, 0.5) is 5.69 Å². The maximum Gasteiger partial charge on any atom is 0.271 e. The lowest BCUT2D eigenvalue weighted by molar-refractivity contribution is -0.384. The number of halogens is 1. The van der Waals surface area contributed by atoms with Crippen molar-refractivity contribution in [3.8, 4) is 10.6 Å². The summed E-state index contributed by atoms with van der Waals surface area (Å²) in [4.78, 5) is 10.4. The number of nitrogens with zero attached hydrogens (tertiary/aromatic N) is 3. The van der Waals surface area contributed by atoms with E-state index in [1.807, 2.05) is 0 Å². The Hall–Kier alpha value is -1.57.